The number of pyridine rings is 2. The van der Waals surface area contributed by atoms with Crippen molar-refractivity contribution in [2.45, 2.75) is 6.92 Å². The van der Waals surface area contributed by atoms with Crippen LogP contribution in [0.5, 0.6) is 0 Å². The first-order valence-corrected chi connectivity index (χ1v) is 8.10. The Hall–Kier alpha value is -3.67. The number of hydrogen-bond acceptors (Lipinski definition) is 5. The fourth-order valence-corrected chi connectivity index (χ4v) is 2.78. The molecule has 6 heteroatoms. The summed E-state index contributed by atoms with van der Waals surface area (Å²) in [6, 6.07) is 10.8. The van der Waals surface area contributed by atoms with Gasteiger partial charge in [-0.2, -0.15) is 0 Å². The van der Waals surface area contributed by atoms with Crippen LogP contribution in [0.4, 0.5) is 5.82 Å². The van der Waals surface area contributed by atoms with Crippen molar-refractivity contribution in [2.75, 3.05) is 5.32 Å². The van der Waals surface area contributed by atoms with E-state index in [9.17, 15) is 4.79 Å². The molecule has 0 atom stereocenters. The second kappa shape index (κ2) is 6.68. The van der Waals surface area contributed by atoms with E-state index in [1.165, 1.54) is 0 Å². The monoisotopic (exact) mass is 341 g/mol. The summed E-state index contributed by atoms with van der Waals surface area (Å²) in [7, 11) is 0. The van der Waals surface area contributed by atoms with E-state index in [1.54, 1.807) is 49.2 Å². The Labute approximate surface area is 150 Å². The minimum atomic E-state index is -0.251. The SMILES string of the molecule is Cc1ccncc1-c1cc(C(=O)Nc2ccccn2)cc2nccnc12. The Kier molecular flexibility index (Phi) is 4.07. The maximum absolute atomic E-state index is 12.7. The number of hydrogen-bond donors (Lipinski definition) is 1. The van der Waals surface area contributed by atoms with Gasteiger partial charge in [0, 0.05) is 47.7 Å². The smallest absolute Gasteiger partial charge is 0.256 e. The summed E-state index contributed by atoms with van der Waals surface area (Å²) >= 11 is 0. The maximum atomic E-state index is 12.7. The molecule has 0 fully saturated rings. The molecule has 3 aromatic heterocycles. The summed E-state index contributed by atoms with van der Waals surface area (Å²) in [5.74, 6) is 0.245. The van der Waals surface area contributed by atoms with E-state index in [4.69, 9.17) is 0 Å². The molecule has 126 valence electrons. The minimum Gasteiger partial charge on any atom is -0.307 e. The molecule has 0 saturated heterocycles. The van der Waals surface area contributed by atoms with Crippen molar-refractivity contribution in [3.05, 3.63) is 78.5 Å². The summed E-state index contributed by atoms with van der Waals surface area (Å²) in [4.78, 5) is 29.9. The molecule has 4 rings (SSSR count). The Morgan fingerprint density at radius 3 is 2.62 bits per heavy atom. The van der Waals surface area contributed by atoms with Crippen molar-refractivity contribution in [3.63, 3.8) is 0 Å². The fourth-order valence-electron chi connectivity index (χ4n) is 2.78. The highest BCUT2D eigenvalue weighted by atomic mass is 16.1. The zero-order chi connectivity index (χ0) is 17.9. The molecule has 0 unspecified atom stereocenters. The standard InChI is InChI=1S/C20H15N5O/c1-13-5-7-21-12-16(13)15-10-14(11-17-19(15)24-9-8-22-17)20(26)25-18-4-2-3-6-23-18/h2-12H,1H3,(H,23,25,26). The van der Waals surface area contributed by atoms with E-state index in [0.29, 0.717) is 16.9 Å². The molecule has 26 heavy (non-hydrogen) atoms. The van der Waals surface area contributed by atoms with Gasteiger partial charge in [-0.25, -0.2) is 4.98 Å². The first-order chi connectivity index (χ1) is 12.7. The van der Waals surface area contributed by atoms with Gasteiger partial charge < -0.3 is 5.32 Å². The van der Waals surface area contributed by atoms with E-state index in [-0.39, 0.29) is 5.91 Å². The number of carbonyl (C=O) groups is 1. The average Bonchev–Trinajstić information content (AvgIpc) is 2.68. The normalized spacial score (nSPS) is 10.7. The van der Waals surface area contributed by atoms with Crippen molar-refractivity contribution in [1.82, 2.24) is 19.9 Å². The highest BCUT2D eigenvalue weighted by Gasteiger charge is 2.15. The molecule has 4 aromatic rings. The molecular formula is C20H15N5O. The number of amides is 1. The summed E-state index contributed by atoms with van der Waals surface area (Å²) < 4.78 is 0. The van der Waals surface area contributed by atoms with Crippen LogP contribution in [-0.2, 0) is 0 Å². The first kappa shape index (κ1) is 15.8. The number of anilines is 1. The number of carbonyl (C=O) groups excluding carboxylic acids is 1. The van der Waals surface area contributed by atoms with Gasteiger partial charge in [0.1, 0.15) is 5.82 Å². The third kappa shape index (κ3) is 3.00. The molecule has 0 aliphatic carbocycles. The zero-order valence-electron chi connectivity index (χ0n) is 14.0. The van der Waals surface area contributed by atoms with Crippen LogP contribution >= 0.6 is 0 Å². The van der Waals surface area contributed by atoms with Gasteiger partial charge in [0.15, 0.2) is 0 Å². The minimum absolute atomic E-state index is 0.251. The van der Waals surface area contributed by atoms with Gasteiger partial charge >= 0.3 is 0 Å². The van der Waals surface area contributed by atoms with Crippen LogP contribution in [0.2, 0.25) is 0 Å². The lowest BCUT2D eigenvalue weighted by Crippen LogP contribution is -2.13. The molecular weight excluding hydrogens is 326 g/mol. The summed E-state index contributed by atoms with van der Waals surface area (Å²) in [6.45, 7) is 2.00. The largest absolute Gasteiger partial charge is 0.307 e. The highest BCUT2D eigenvalue weighted by Crippen LogP contribution is 2.29. The molecule has 1 amide bonds. The van der Waals surface area contributed by atoms with Gasteiger partial charge in [-0.1, -0.05) is 6.07 Å². The van der Waals surface area contributed by atoms with Crippen molar-refractivity contribution < 1.29 is 4.79 Å². The number of aromatic nitrogens is 4. The highest BCUT2D eigenvalue weighted by molar-refractivity contribution is 6.08. The maximum Gasteiger partial charge on any atom is 0.256 e. The van der Waals surface area contributed by atoms with Gasteiger partial charge in [-0.15, -0.1) is 0 Å². The number of benzene rings is 1. The van der Waals surface area contributed by atoms with Crippen LogP contribution in [0, 0.1) is 6.92 Å². The number of rotatable bonds is 3. The Morgan fingerprint density at radius 2 is 1.81 bits per heavy atom. The Balaban J connectivity index is 1.84. The van der Waals surface area contributed by atoms with E-state index in [0.717, 1.165) is 22.2 Å². The van der Waals surface area contributed by atoms with Crippen LogP contribution in [-0.4, -0.2) is 25.8 Å². The summed E-state index contributed by atoms with van der Waals surface area (Å²) in [6.07, 6.45) is 8.41. The van der Waals surface area contributed by atoms with Gasteiger partial charge in [0.2, 0.25) is 0 Å². The Bertz CT molecular complexity index is 1100. The fraction of sp³-hybridized carbons (Fsp3) is 0.0500. The van der Waals surface area contributed by atoms with Crippen molar-refractivity contribution >= 4 is 22.8 Å². The molecule has 0 bridgehead atoms. The van der Waals surface area contributed by atoms with Crippen molar-refractivity contribution in [1.29, 1.82) is 0 Å². The van der Waals surface area contributed by atoms with Crippen molar-refractivity contribution in [2.24, 2.45) is 0 Å². The lowest BCUT2D eigenvalue weighted by Gasteiger charge is -2.11. The molecule has 0 spiro atoms. The number of fused-ring (bicyclic) bond motifs is 1. The molecule has 0 saturated carbocycles. The van der Waals surface area contributed by atoms with Gasteiger partial charge in [-0.3, -0.25) is 19.7 Å². The van der Waals surface area contributed by atoms with E-state index in [2.05, 4.69) is 25.3 Å². The quantitative estimate of drug-likeness (QED) is 0.615. The topological polar surface area (TPSA) is 80.7 Å². The number of nitrogens with zero attached hydrogens (tertiary/aromatic N) is 4. The lowest BCUT2D eigenvalue weighted by molar-refractivity contribution is 0.102. The molecule has 1 aromatic carbocycles. The van der Waals surface area contributed by atoms with Gasteiger partial charge in [0.25, 0.3) is 5.91 Å². The van der Waals surface area contributed by atoms with Crippen LogP contribution in [0.15, 0.2) is 67.4 Å². The molecule has 0 aliphatic heterocycles. The predicted molar refractivity (Wildman–Crippen MR) is 99.7 cm³/mol. The van der Waals surface area contributed by atoms with E-state index in [1.807, 2.05) is 25.1 Å². The second-order valence-electron chi connectivity index (χ2n) is 5.81. The van der Waals surface area contributed by atoms with Crippen LogP contribution in [0.3, 0.4) is 0 Å². The van der Waals surface area contributed by atoms with Gasteiger partial charge in [-0.05, 0) is 42.8 Å². The average molecular weight is 341 g/mol. The van der Waals surface area contributed by atoms with E-state index >= 15 is 0 Å². The van der Waals surface area contributed by atoms with Gasteiger partial charge in [0.05, 0.1) is 11.0 Å². The number of aryl methyl sites for hydroxylation is 1. The summed E-state index contributed by atoms with van der Waals surface area (Å²) in [5, 5.41) is 2.80. The van der Waals surface area contributed by atoms with Crippen LogP contribution < -0.4 is 5.32 Å². The third-order valence-electron chi connectivity index (χ3n) is 4.07. The third-order valence-corrected chi connectivity index (χ3v) is 4.07. The number of nitrogens with one attached hydrogen (secondary N) is 1. The Morgan fingerprint density at radius 1 is 0.923 bits per heavy atom. The van der Waals surface area contributed by atoms with Crippen molar-refractivity contribution in [3.8, 4) is 11.1 Å². The van der Waals surface area contributed by atoms with Crippen LogP contribution in [0.1, 0.15) is 15.9 Å². The molecule has 0 aliphatic rings. The first-order valence-electron chi connectivity index (χ1n) is 8.10. The summed E-state index contributed by atoms with van der Waals surface area (Å²) in [5.41, 5.74) is 4.67. The lowest BCUT2D eigenvalue weighted by atomic mass is 9.98. The van der Waals surface area contributed by atoms with Crippen LogP contribution in [0.25, 0.3) is 22.2 Å². The second-order valence-corrected chi connectivity index (χ2v) is 5.81. The predicted octanol–water partition coefficient (Wildman–Crippen LogP) is 3.65. The molecule has 1 N–H and O–H groups in total. The zero-order valence-corrected chi connectivity index (χ0v) is 14.0. The molecule has 6 nitrogen and oxygen atoms in total. The molecule has 0 radical (unpaired) electrons. The molecule has 3 heterocycles. The van der Waals surface area contributed by atoms with E-state index < -0.39 is 0 Å².